The quantitative estimate of drug-likeness (QED) is 0.347. The fourth-order valence-corrected chi connectivity index (χ4v) is 1.30. The maximum absolute atomic E-state index is 11.1. The third-order valence-electron chi connectivity index (χ3n) is 2.10. The van der Waals surface area contributed by atoms with Gasteiger partial charge in [-0.2, -0.15) is 0 Å². The molecule has 0 fully saturated rings. The first-order chi connectivity index (χ1) is 8.58. The zero-order valence-electron chi connectivity index (χ0n) is 10.1. The Labute approximate surface area is 104 Å². The first-order valence-electron chi connectivity index (χ1n) is 5.25. The van der Waals surface area contributed by atoms with Gasteiger partial charge in [0.25, 0.3) is 0 Å². The third-order valence-corrected chi connectivity index (χ3v) is 2.10. The van der Waals surface area contributed by atoms with E-state index in [0.717, 1.165) is 0 Å². The molecule has 0 spiro atoms. The van der Waals surface area contributed by atoms with Crippen LogP contribution >= 0.6 is 0 Å². The summed E-state index contributed by atoms with van der Waals surface area (Å²) < 4.78 is 9.63. The Balaban J connectivity index is 2.92. The van der Waals surface area contributed by atoms with E-state index in [4.69, 9.17) is 9.47 Å². The Bertz CT molecular complexity index is 481. The lowest BCUT2D eigenvalue weighted by molar-refractivity contribution is -0.385. The predicted molar refractivity (Wildman–Crippen MR) is 65.3 cm³/mol. The molecular formula is C12H13NO5. The van der Waals surface area contributed by atoms with Crippen LogP contribution in [0.1, 0.15) is 12.5 Å². The van der Waals surface area contributed by atoms with Crippen LogP contribution < -0.4 is 4.74 Å². The Morgan fingerprint density at radius 1 is 1.50 bits per heavy atom. The highest BCUT2D eigenvalue weighted by Crippen LogP contribution is 2.27. The molecule has 0 saturated heterocycles. The molecular weight excluding hydrogens is 238 g/mol. The second-order valence-corrected chi connectivity index (χ2v) is 3.27. The number of carbonyl (C=O) groups excluding carboxylic acids is 1. The molecule has 0 aromatic heterocycles. The molecule has 18 heavy (non-hydrogen) atoms. The number of benzene rings is 1. The number of methoxy groups -OCH3 is 1. The lowest BCUT2D eigenvalue weighted by atomic mass is 10.2. The monoisotopic (exact) mass is 251 g/mol. The zero-order valence-corrected chi connectivity index (χ0v) is 10.1. The van der Waals surface area contributed by atoms with Crippen LogP contribution in [0.25, 0.3) is 6.08 Å². The zero-order chi connectivity index (χ0) is 13.5. The van der Waals surface area contributed by atoms with Crippen molar-refractivity contribution >= 4 is 17.7 Å². The molecule has 1 aromatic rings. The molecule has 0 atom stereocenters. The van der Waals surface area contributed by atoms with Gasteiger partial charge in [0.1, 0.15) is 0 Å². The van der Waals surface area contributed by atoms with Crippen molar-refractivity contribution in [3.05, 3.63) is 40.0 Å². The molecule has 1 rings (SSSR count). The van der Waals surface area contributed by atoms with Crippen LogP contribution in [0.2, 0.25) is 0 Å². The molecule has 6 heteroatoms. The van der Waals surface area contributed by atoms with E-state index in [2.05, 4.69) is 0 Å². The molecule has 0 N–H and O–H groups in total. The van der Waals surface area contributed by atoms with Crippen LogP contribution in [0.15, 0.2) is 24.3 Å². The smallest absolute Gasteiger partial charge is 0.330 e. The van der Waals surface area contributed by atoms with Gasteiger partial charge in [-0.3, -0.25) is 10.1 Å². The summed E-state index contributed by atoms with van der Waals surface area (Å²) in [6.07, 6.45) is 2.76. The lowest BCUT2D eigenvalue weighted by Gasteiger charge is -2.02. The number of ether oxygens (including phenoxy) is 2. The number of nitrogens with zero attached hydrogens (tertiary/aromatic N) is 1. The van der Waals surface area contributed by atoms with Crippen molar-refractivity contribution in [3.8, 4) is 5.75 Å². The van der Waals surface area contributed by atoms with Gasteiger partial charge in [0.15, 0.2) is 5.75 Å². The van der Waals surface area contributed by atoms with Crippen molar-refractivity contribution in [2.24, 2.45) is 0 Å². The van der Waals surface area contributed by atoms with E-state index in [1.54, 1.807) is 6.92 Å². The standard InChI is InChI=1S/C12H13NO5/c1-3-18-12(14)7-5-9-4-6-10(13(15)16)11(8-9)17-2/h4-8H,3H2,1-2H3/b7-5-. The SMILES string of the molecule is CCOC(=O)/C=C\c1ccc([N+](=O)[O-])c(OC)c1. The Kier molecular flexibility index (Phi) is 4.86. The average molecular weight is 251 g/mol. The van der Waals surface area contributed by atoms with Crippen LogP contribution in [0, 0.1) is 10.1 Å². The summed E-state index contributed by atoms with van der Waals surface area (Å²) in [4.78, 5) is 21.2. The Morgan fingerprint density at radius 2 is 2.22 bits per heavy atom. The maximum atomic E-state index is 11.1. The van der Waals surface area contributed by atoms with Gasteiger partial charge in [-0.15, -0.1) is 0 Å². The number of nitro groups is 1. The lowest BCUT2D eigenvalue weighted by Crippen LogP contribution is -1.98. The number of rotatable bonds is 5. The molecule has 6 nitrogen and oxygen atoms in total. The molecule has 0 aliphatic rings. The number of hydrogen-bond donors (Lipinski definition) is 0. The summed E-state index contributed by atoms with van der Waals surface area (Å²) in [5.41, 5.74) is 0.497. The molecule has 0 bridgehead atoms. The van der Waals surface area contributed by atoms with Crippen molar-refractivity contribution in [3.63, 3.8) is 0 Å². The Hall–Kier alpha value is -2.37. The van der Waals surface area contributed by atoms with Gasteiger partial charge < -0.3 is 9.47 Å². The van der Waals surface area contributed by atoms with Crippen LogP contribution in [-0.4, -0.2) is 24.6 Å². The summed E-state index contributed by atoms with van der Waals surface area (Å²) in [5.74, 6) is -0.319. The van der Waals surface area contributed by atoms with Crippen LogP contribution in [-0.2, 0) is 9.53 Å². The largest absolute Gasteiger partial charge is 0.490 e. The van der Waals surface area contributed by atoms with E-state index < -0.39 is 10.9 Å². The molecule has 1 aromatic carbocycles. The van der Waals surface area contributed by atoms with E-state index in [1.165, 1.54) is 37.5 Å². The van der Waals surface area contributed by atoms with Gasteiger partial charge in [-0.05, 0) is 30.7 Å². The van der Waals surface area contributed by atoms with Crippen LogP contribution in [0.5, 0.6) is 5.75 Å². The van der Waals surface area contributed by atoms with Gasteiger partial charge in [0.05, 0.1) is 18.6 Å². The normalized spacial score (nSPS) is 10.3. The van der Waals surface area contributed by atoms with E-state index in [0.29, 0.717) is 12.2 Å². The number of hydrogen-bond acceptors (Lipinski definition) is 5. The Morgan fingerprint density at radius 3 is 2.78 bits per heavy atom. The fraction of sp³-hybridized carbons (Fsp3) is 0.250. The van der Waals surface area contributed by atoms with E-state index in [1.807, 2.05) is 0 Å². The number of carbonyl (C=O) groups is 1. The number of esters is 1. The summed E-state index contributed by atoms with van der Waals surface area (Å²) in [5, 5.41) is 10.7. The molecule has 96 valence electrons. The summed E-state index contributed by atoms with van der Waals surface area (Å²) >= 11 is 0. The second kappa shape index (κ2) is 6.39. The van der Waals surface area contributed by atoms with Gasteiger partial charge in [-0.1, -0.05) is 0 Å². The van der Waals surface area contributed by atoms with Crippen LogP contribution in [0.4, 0.5) is 5.69 Å². The van der Waals surface area contributed by atoms with Gasteiger partial charge in [0.2, 0.25) is 0 Å². The minimum Gasteiger partial charge on any atom is -0.490 e. The van der Waals surface area contributed by atoms with Gasteiger partial charge >= 0.3 is 11.7 Å². The second-order valence-electron chi connectivity index (χ2n) is 3.27. The minimum atomic E-state index is -0.530. The van der Waals surface area contributed by atoms with Crippen LogP contribution in [0.3, 0.4) is 0 Å². The highest BCUT2D eigenvalue weighted by molar-refractivity contribution is 5.87. The molecule has 0 saturated carbocycles. The molecule has 0 aliphatic heterocycles. The minimum absolute atomic E-state index is 0.120. The highest BCUT2D eigenvalue weighted by atomic mass is 16.6. The molecule has 0 heterocycles. The third kappa shape index (κ3) is 3.58. The molecule has 0 radical (unpaired) electrons. The van der Waals surface area contributed by atoms with Crippen molar-refractivity contribution < 1.29 is 19.2 Å². The number of nitro benzene ring substituents is 1. The topological polar surface area (TPSA) is 78.7 Å². The van der Waals surface area contributed by atoms with Crippen molar-refractivity contribution in [1.82, 2.24) is 0 Å². The van der Waals surface area contributed by atoms with E-state index >= 15 is 0 Å². The predicted octanol–water partition coefficient (Wildman–Crippen LogP) is 2.18. The summed E-state index contributed by atoms with van der Waals surface area (Å²) in [7, 11) is 1.35. The highest BCUT2D eigenvalue weighted by Gasteiger charge is 2.13. The first kappa shape index (κ1) is 13.7. The van der Waals surface area contributed by atoms with Crippen molar-refractivity contribution in [2.75, 3.05) is 13.7 Å². The summed E-state index contributed by atoms with van der Waals surface area (Å²) in [6, 6.07) is 4.33. The summed E-state index contributed by atoms with van der Waals surface area (Å²) in [6.45, 7) is 2.01. The fourth-order valence-electron chi connectivity index (χ4n) is 1.30. The molecule has 0 unspecified atom stereocenters. The first-order valence-corrected chi connectivity index (χ1v) is 5.25. The van der Waals surface area contributed by atoms with Gasteiger partial charge in [0, 0.05) is 12.1 Å². The van der Waals surface area contributed by atoms with Gasteiger partial charge in [-0.25, -0.2) is 4.79 Å². The molecule has 0 aliphatic carbocycles. The van der Waals surface area contributed by atoms with Crippen molar-refractivity contribution in [2.45, 2.75) is 6.92 Å². The van der Waals surface area contributed by atoms with Crippen molar-refractivity contribution in [1.29, 1.82) is 0 Å². The molecule has 0 amide bonds. The maximum Gasteiger partial charge on any atom is 0.330 e. The van der Waals surface area contributed by atoms with E-state index in [-0.39, 0.29) is 11.4 Å². The van der Waals surface area contributed by atoms with E-state index in [9.17, 15) is 14.9 Å². The average Bonchev–Trinajstić information content (AvgIpc) is 2.36.